The van der Waals surface area contributed by atoms with Crippen molar-refractivity contribution in [2.75, 3.05) is 10.2 Å². The number of aliphatic hydroxyl groups is 1. The molecule has 1 unspecified atom stereocenters. The maximum Gasteiger partial charge on any atom is 0.300 e. The topological polar surface area (TPSA) is 99.6 Å². The summed E-state index contributed by atoms with van der Waals surface area (Å²) in [5.41, 5.74) is 1.92. The number of pyridine rings is 1. The van der Waals surface area contributed by atoms with E-state index in [-0.39, 0.29) is 17.0 Å². The summed E-state index contributed by atoms with van der Waals surface area (Å²) < 4.78 is 13.8. The number of anilines is 2. The molecule has 1 atom stereocenters. The monoisotopic (exact) mass is 445 g/mol. The number of aryl methyl sites for hydroxylation is 1. The number of Topliss-reactive ketones (excluding diaryl/α,β-unsaturated/α-hetero) is 1. The number of rotatable bonds is 4. The number of hydrogen-bond acceptors (Lipinski definition) is 5. The number of carbonyl (C=O) groups is 3. The number of halogens is 1. The third-order valence-corrected chi connectivity index (χ3v) is 5.36. The standard InChI is InChI=1S/C25H20FN3O4/c1-14-13-17(3-8-20(14)26)23(31)21-22(16-9-11-27-12-10-16)29(25(33)24(21)32)19-6-4-18(5-7-19)28-15(2)30/h3-13,22,31H,1-2H3,(H,28,30)/b23-21-. The minimum Gasteiger partial charge on any atom is -0.507 e. The Morgan fingerprint density at radius 3 is 2.33 bits per heavy atom. The van der Waals surface area contributed by atoms with Gasteiger partial charge in [-0.3, -0.25) is 24.3 Å². The minimum absolute atomic E-state index is 0.108. The highest BCUT2D eigenvalue weighted by Crippen LogP contribution is 2.42. The molecule has 33 heavy (non-hydrogen) atoms. The Morgan fingerprint density at radius 1 is 1.06 bits per heavy atom. The molecule has 2 aromatic carbocycles. The number of hydrogen-bond donors (Lipinski definition) is 2. The van der Waals surface area contributed by atoms with Crippen molar-refractivity contribution in [3.05, 3.63) is 95.1 Å². The maximum absolute atomic E-state index is 13.8. The van der Waals surface area contributed by atoms with E-state index >= 15 is 0 Å². The highest BCUT2D eigenvalue weighted by molar-refractivity contribution is 6.51. The van der Waals surface area contributed by atoms with Gasteiger partial charge < -0.3 is 10.4 Å². The van der Waals surface area contributed by atoms with Crippen molar-refractivity contribution in [2.45, 2.75) is 19.9 Å². The fourth-order valence-corrected chi connectivity index (χ4v) is 3.82. The normalized spacial score (nSPS) is 17.3. The molecule has 1 aliphatic heterocycles. The molecule has 2 N–H and O–H groups in total. The van der Waals surface area contributed by atoms with E-state index in [1.807, 2.05) is 0 Å². The molecule has 2 amide bonds. The summed E-state index contributed by atoms with van der Waals surface area (Å²) in [6, 6.07) is 12.8. The third-order valence-electron chi connectivity index (χ3n) is 5.36. The van der Waals surface area contributed by atoms with E-state index < -0.39 is 29.3 Å². The third kappa shape index (κ3) is 4.10. The number of amides is 2. The molecule has 4 rings (SSSR count). The molecular weight excluding hydrogens is 425 g/mol. The van der Waals surface area contributed by atoms with Crippen molar-refractivity contribution in [1.82, 2.24) is 4.98 Å². The molecule has 1 aliphatic rings. The van der Waals surface area contributed by atoms with Crippen LogP contribution in [0.2, 0.25) is 0 Å². The first kappa shape index (κ1) is 21.9. The summed E-state index contributed by atoms with van der Waals surface area (Å²) in [7, 11) is 0. The van der Waals surface area contributed by atoms with E-state index in [2.05, 4.69) is 10.3 Å². The zero-order valence-corrected chi connectivity index (χ0v) is 17.9. The Balaban J connectivity index is 1.87. The predicted octanol–water partition coefficient (Wildman–Crippen LogP) is 4.11. The number of carbonyl (C=O) groups excluding carboxylic acids is 3. The molecule has 1 fully saturated rings. The zero-order chi connectivity index (χ0) is 23.7. The second-order valence-electron chi connectivity index (χ2n) is 7.64. The predicted molar refractivity (Wildman–Crippen MR) is 121 cm³/mol. The van der Waals surface area contributed by atoms with Crippen molar-refractivity contribution in [1.29, 1.82) is 0 Å². The molecule has 0 saturated carbocycles. The maximum atomic E-state index is 13.8. The van der Waals surface area contributed by atoms with Crippen LogP contribution in [-0.2, 0) is 14.4 Å². The van der Waals surface area contributed by atoms with E-state index in [9.17, 15) is 23.9 Å². The first-order valence-electron chi connectivity index (χ1n) is 10.1. The van der Waals surface area contributed by atoms with Crippen LogP contribution in [0.15, 0.2) is 72.6 Å². The van der Waals surface area contributed by atoms with Crippen LogP contribution in [0.4, 0.5) is 15.8 Å². The molecule has 166 valence electrons. The summed E-state index contributed by atoms with van der Waals surface area (Å²) in [4.78, 5) is 42.8. The molecule has 7 nitrogen and oxygen atoms in total. The number of benzene rings is 2. The lowest BCUT2D eigenvalue weighted by Gasteiger charge is -2.25. The average Bonchev–Trinajstić information content (AvgIpc) is 3.06. The van der Waals surface area contributed by atoms with Crippen LogP contribution in [0.3, 0.4) is 0 Å². The van der Waals surface area contributed by atoms with Crippen LogP contribution in [0.25, 0.3) is 5.76 Å². The van der Waals surface area contributed by atoms with Crippen molar-refractivity contribution >= 4 is 34.7 Å². The Bertz CT molecular complexity index is 1290. The summed E-state index contributed by atoms with van der Waals surface area (Å²) in [6.45, 7) is 2.93. The fourth-order valence-electron chi connectivity index (χ4n) is 3.82. The highest BCUT2D eigenvalue weighted by Gasteiger charge is 2.47. The Labute approximate surface area is 189 Å². The van der Waals surface area contributed by atoms with Gasteiger partial charge in [0.25, 0.3) is 11.7 Å². The number of aliphatic hydroxyl groups excluding tert-OH is 1. The van der Waals surface area contributed by atoms with Crippen LogP contribution in [0.1, 0.15) is 29.7 Å². The van der Waals surface area contributed by atoms with Gasteiger partial charge in [0, 0.05) is 36.3 Å². The van der Waals surface area contributed by atoms with Gasteiger partial charge in [-0.05, 0) is 72.6 Å². The summed E-state index contributed by atoms with van der Waals surface area (Å²) in [5, 5.41) is 13.7. The van der Waals surface area contributed by atoms with E-state index in [1.165, 1.54) is 42.4 Å². The molecule has 8 heteroatoms. The highest BCUT2D eigenvalue weighted by atomic mass is 19.1. The van der Waals surface area contributed by atoms with Gasteiger partial charge in [-0.15, -0.1) is 0 Å². The van der Waals surface area contributed by atoms with Crippen molar-refractivity contribution in [3.8, 4) is 0 Å². The Hall–Kier alpha value is -4.33. The SMILES string of the molecule is CC(=O)Nc1ccc(N2C(=O)C(=O)/C(=C(\O)c3ccc(F)c(C)c3)C2c2ccncc2)cc1. The van der Waals surface area contributed by atoms with Crippen LogP contribution >= 0.6 is 0 Å². The minimum atomic E-state index is -0.926. The number of aromatic nitrogens is 1. The molecule has 0 spiro atoms. The van der Waals surface area contributed by atoms with E-state index in [1.54, 1.807) is 43.3 Å². The van der Waals surface area contributed by atoms with Crippen molar-refractivity contribution < 1.29 is 23.9 Å². The average molecular weight is 445 g/mol. The van der Waals surface area contributed by atoms with Crippen LogP contribution in [-0.4, -0.2) is 27.7 Å². The number of ketones is 1. The lowest BCUT2D eigenvalue weighted by atomic mass is 9.95. The Kier molecular flexibility index (Phi) is 5.74. The largest absolute Gasteiger partial charge is 0.507 e. The fraction of sp³-hybridized carbons (Fsp3) is 0.120. The summed E-state index contributed by atoms with van der Waals surface area (Å²) >= 11 is 0. The van der Waals surface area contributed by atoms with E-state index in [0.717, 1.165) is 0 Å². The van der Waals surface area contributed by atoms with Crippen LogP contribution in [0, 0.1) is 12.7 Å². The van der Waals surface area contributed by atoms with Gasteiger partial charge in [0.1, 0.15) is 11.6 Å². The summed E-state index contributed by atoms with van der Waals surface area (Å²) in [5.74, 6) is -2.76. The van der Waals surface area contributed by atoms with Gasteiger partial charge >= 0.3 is 0 Å². The number of nitrogens with zero attached hydrogens (tertiary/aromatic N) is 2. The molecule has 2 heterocycles. The van der Waals surface area contributed by atoms with Gasteiger partial charge in [0.05, 0.1) is 11.6 Å². The van der Waals surface area contributed by atoms with Crippen LogP contribution < -0.4 is 10.2 Å². The van der Waals surface area contributed by atoms with Gasteiger partial charge in [-0.25, -0.2) is 4.39 Å². The van der Waals surface area contributed by atoms with Crippen molar-refractivity contribution in [3.63, 3.8) is 0 Å². The molecule has 0 aliphatic carbocycles. The molecular formula is C25H20FN3O4. The lowest BCUT2D eigenvalue weighted by Crippen LogP contribution is -2.29. The molecule has 0 radical (unpaired) electrons. The summed E-state index contributed by atoms with van der Waals surface area (Å²) in [6.07, 6.45) is 3.05. The molecule has 3 aromatic rings. The van der Waals surface area contributed by atoms with Crippen LogP contribution in [0.5, 0.6) is 0 Å². The van der Waals surface area contributed by atoms with Gasteiger partial charge in [0.15, 0.2) is 0 Å². The first-order chi connectivity index (χ1) is 15.8. The smallest absolute Gasteiger partial charge is 0.300 e. The van der Waals surface area contributed by atoms with Gasteiger partial charge in [0.2, 0.25) is 5.91 Å². The van der Waals surface area contributed by atoms with Gasteiger partial charge in [-0.2, -0.15) is 0 Å². The Morgan fingerprint density at radius 2 is 1.73 bits per heavy atom. The molecule has 0 bridgehead atoms. The zero-order valence-electron chi connectivity index (χ0n) is 17.9. The second-order valence-corrected chi connectivity index (χ2v) is 7.64. The second kappa shape index (κ2) is 8.66. The van der Waals surface area contributed by atoms with E-state index in [4.69, 9.17) is 0 Å². The lowest BCUT2D eigenvalue weighted by molar-refractivity contribution is -0.132. The molecule has 1 saturated heterocycles. The van der Waals surface area contributed by atoms with E-state index in [0.29, 0.717) is 22.5 Å². The quantitative estimate of drug-likeness (QED) is 0.358. The number of nitrogens with one attached hydrogen (secondary N) is 1. The van der Waals surface area contributed by atoms with Gasteiger partial charge in [-0.1, -0.05) is 0 Å². The van der Waals surface area contributed by atoms with Crippen molar-refractivity contribution in [2.24, 2.45) is 0 Å². The molecule has 1 aromatic heterocycles. The first-order valence-corrected chi connectivity index (χ1v) is 10.1.